The lowest BCUT2D eigenvalue weighted by molar-refractivity contribution is 0.0692. The number of aromatic nitrogens is 1. The predicted octanol–water partition coefficient (Wildman–Crippen LogP) is 3.19. The fraction of sp³-hybridized carbons (Fsp3) is 0.200. The molecule has 2 aromatic carbocycles. The predicted molar refractivity (Wildman–Crippen MR) is 98.9 cm³/mol. The number of carbonyl (C=O) groups is 2. The van der Waals surface area contributed by atoms with Crippen LogP contribution in [0, 0.1) is 0 Å². The van der Waals surface area contributed by atoms with Gasteiger partial charge in [0, 0.05) is 23.6 Å². The third kappa shape index (κ3) is 3.75. The SMILES string of the molecule is CN(C)CCc1c[nH]c2cccc(OC(=O)c3ccc(C(=O)O)cc3)c12. The number of ether oxygens (including phenoxy) is 1. The summed E-state index contributed by atoms with van der Waals surface area (Å²) in [6.07, 6.45) is 2.77. The van der Waals surface area contributed by atoms with Crippen molar-refractivity contribution in [1.82, 2.24) is 9.88 Å². The summed E-state index contributed by atoms with van der Waals surface area (Å²) in [5.41, 5.74) is 2.42. The van der Waals surface area contributed by atoms with Crippen LogP contribution >= 0.6 is 0 Å². The third-order valence-electron chi connectivity index (χ3n) is 4.15. The molecule has 3 aromatic rings. The van der Waals surface area contributed by atoms with Crippen LogP contribution in [0.15, 0.2) is 48.7 Å². The second-order valence-electron chi connectivity index (χ2n) is 6.32. The zero-order valence-corrected chi connectivity index (χ0v) is 14.7. The number of nitrogens with zero attached hydrogens (tertiary/aromatic N) is 1. The van der Waals surface area contributed by atoms with Crippen molar-refractivity contribution >= 4 is 22.8 Å². The second-order valence-corrected chi connectivity index (χ2v) is 6.32. The summed E-state index contributed by atoms with van der Waals surface area (Å²) in [5.74, 6) is -1.06. The van der Waals surface area contributed by atoms with Gasteiger partial charge in [-0.05, 0) is 62.5 Å². The molecule has 0 spiro atoms. The molecule has 1 aromatic heterocycles. The van der Waals surface area contributed by atoms with Gasteiger partial charge in [-0.2, -0.15) is 0 Å². The van der Waals surface area contributed by atoms with Gasteiger partial charge in [0.25, 0.3) is 0 Å². The molecule has 0 aliphatic heterocycles. The number of H-pyrrole nitrogens is 1. The second kappa shape index (κ2) is 7.41. The molecule has 0 fully saturated rings. The summed E-state index contributed by atoms with van der Waals surface area (Å²) in [4.78, 5) is 28.7. The molecule has 26 heavy (non-hydrogen) atoms. The number of rotatable bonds is 6. The molecule has 0 radical (unpaired) electrons. The van der Waals surface area contributed by atoms with Gasteiger partial charge in [-0.25, -0.2) is 9.59 Å². The highest BCUT2D eigenvalue weighted by molar-refractivity contribution is 5.97. The summed E-state index contributed by atoms with van der Waals surface area (Å²) in [5, 5.41) is 9.83. The number of aromatic amines is 1. The van der Waals surface area contributed by atoms with E-state index < -0.39 is 11.9 Å². The van der Waals surface area contributed by atoms with Crippen molar-refractivity contribution in [1.29, 1.82) is 0 Å². The number of nitrogens with one attached hydrogen (secondary N) is 1. The number of benzene rings is 2. The Bertz CT molecular complexity index is 942. The Balaban J connectivity index is 1.86. The highest BCUT2D eigenvalue weighted by Crippen LogP contribution is 2.30. The highest BCUT2D eigenvalue weighted by Gasteiger charge is 2.15. The largest absolute Gasteiger partial charge is 0.478 e. The van der Waals surface area contributed by atoms with E-state index in [9.17, 15) is 9.59 Å². The molecule has 6 nitrogen and oxygen atoms in total. The van der Waals surface area contributed by atoms with Crippen molar-refractivity contribution in [3.8, 4) is 5.75 Å². The van der Waals surface area contributed by atoms with E-state index in [1.165, 1.54) is 24.3 Å². The number of hydrogen-bond acceptors (Lipinski definition) is 4. The van der Waals surface area contributed by atoms with Crippen molar-refractivity contribution in [3.05, 3.63) is 65.4 Å². The van der Waals surface area contributed by atoms with E-state index in [-0.39, 0.29) is 5.56 Å². The quantitative estimate of drug-likeness (QED) is 0.526. The molecule has 0 saturated carbocycles. The van der Waals surface area contributed by atoms with Crippen LogP contribution in [-0.2, 0) is 6.42 Å². The van der Waals surface area contributed by atoms with Crippen LogP contribution in [0.25, 0.3) is 10.9 Å². The summed E-state index contributed by atoms with van der Waals surface area (Å²) in [6, 6.07) is 11.2. The number of esters is 1. The van der Waals surface area contributed by atoms with Crippen LogP contribution in [0.2, 0.25) is 0 Å². The van der Waals surface area contributed by atoms with E-state index in [0.717, 1.165) is 29.4 Å². The molecule has 0 amide bonds. The first-order valence-electron chi connectivity index (χ1n) is 8.25. The maximum atomic E-state index is 12.5. The van der Waals surface area contributed by atoms with Gasteiger partial charge in [-0.15, -0.1) is 0 Å². The number of hydrogen-bond donors (Lipinski definition) is 2. The molecule has 0 aliphatic rings. The third-order valence-corrected chi connectivity index (χ3v) is 4.15. The van der Waals surface area contributed by atoms with Crippen LogP contribution in [0.4, 0.5) is 0 Å². The Morgan fingerprint density at radius 2 is 1.77 bits per heavy atom. The van der Waals surface area contributed by atoms with Gasteiger partial charge >= 0.3 is 11.9 Å². The number of carbonyl (C=O) groups excluding carboxylic acids is 1. The molecule has 0 unspecified atom stereocenters. The van der Waals surface area contributed by atoms with Crippen LogP contribution < -0.4 is 4.74 Å². The number of likely N-dealkylation sites (N-methyl/N-ethyl adjacent to an activating group) is 1. The summed E-state index contributed by atoms with van der Waals surface area (Å²) >= 11 is 0. The fourth-order valence-corrected chi connectivity index (χ4v) is 2.75. The van der Waals surface area contributed by atoms with E-state index in [4.69, 9.17) is 9.84 Å². The first kappa shape index (κ1) is 17.7. The lowest BCUT2D eigenvalue weighted by Gasteiger charge is -2.10. The van der Waals surface area contributed by atoms with Gasteiger partial charge in [-0.1, -0.05) is 6.07 Å². The van der Waals surface area contributed by atoms with Crippen molar-refractivity contribution in [2.75, 3.05) is 20.6 Å². The minimum atomic E-state index is -1.03. The summed E-state index contributed by atoms with van der Waals surface area (Å²) in [7, 11) is 4.02. The highest BCUT2D eigenvalue weighted by atomic mass is 16.5. The molecule has 134 valence electrons. The van der Waals surface area contributed by atoms with Gasteiger partial charge in [0.1, 0.15) is 5.75 Å². The maximum Gasteiger partial charge on any atom is 0.343 e. The topological polar surface area (TPSA) is 82.6 Å². The lowest BCUT2D eigenvalue weighted by Crippen LogP contribution is -2.15. The molecule has 3 rings (SSSR count). The van der Waals surface area contributed by atoms with Gasteiger partial charge in [0.15, 0.2) is 0 Å². The van der Waals surface area contributed by atoms with Crippen molar-refractivity contribution < 1.29 is 19.4 Å². The normalized spacial score (nSPS) is 11.0. The van der Waals surface area contributed by atoms with E-state index >= 15 is 0 Å². The van der Waals surface area contributed by atoms with Crippen LogP contribution in [0.1, 0.15) is 26.3 Å². The Morgan fingerprint density at radius 1 is 1.08 bits per heavy atom. The number of carboxylic acid groups (broad SMARTS) is 1. The smallest absolute Gasteiger partial charge is 0.343 e. The Hall–Kier alpha value is -3.12. The first-order chi connectivity index (χ1) is 12.5. The molecular weight excluding hydrogens is 332 g/mol. The number of carboxylic acids is 1. The summed E-state index contributed by atoms with van der Waals surface area (Å²) < 4.78 is 5.60. The Morgan fingerprint density at radius 3 is 2.42 bits per heavy atom. The van der Waals surface area contributed by atoms with Crippen LogP contribution in [-0.4, -0.2) is 47.6 Å². The minimum absolute atomic E-state index is 0.125. The minimum Gasteiger partial charge on any atom is -0.478 e. The van der Waals surface area contributed by atoms with Gasteiger partial charge in [-0.3, -0.25) is 0 Å². The molecule has 0 atom stereocenters. The lowest BCUT2D eigenvalue weighted by atomic mass is 10.1. The van der Waals surface area contributed by atoms with Crippen molar-refractivity contribution in [2.45, 2.75) is 6.42 Å². The molecule has 2 N–H and O–H groups in total. The van der Waals surface area contributed by atoms with Crippen LogP contribution in [0.3, 0.4) is 0 Å². The fourth-order valence-electron chi connectivity index (χ4n) is 2.75. The van der Waals surface area contributed by atoms with E-state index in [2.05, 4.69) is 9.88 Å². The standard InChI is InChI=1S/C20H20N2O4/c1-22(2)11-10-15-12-21-16-4-3-5-17(18(15)16)26-20(25)14-8-6-13(7-9-14)19(23)24/h3-9,12,21H,10-11H2,1-2H3,(H,23,24). The molecule has 0 bridgehead atoms. The number of aromatic carboxylic acids is 1. The van der Waals surface area contributed by atoms with E-state index in [1.54, 1.807) is 6.07 Å². The molecule has 1 heterocycles. The van der Waals surface area contributed by atoms with Crippen LogP contribution in [0.5, 0.6) is 5.75 Å². The first-order valence-corrected chi connectivity index (χ1v) is 8.25. The van der Waals surface area contributed by atoms with Crippen molar-refractivity contribution in [3.63, 3.8) is 0 Å². The monoisotopic (exact) mass is 352 g/mol. The number of fused-ring (bicyclic) bond motifs is 1. The maximum absolute atomic E-state index is 12.5. The zero-order valence-electron chi connectivity index (χ0n) is 14.7. The van der Waals surface area contributed by atoms with Gasteiger partial charge in [0.2, 0.25) is 0 Å². The van der Waals surface area contributed by atoms with Gasteiger partial charge in [0.05, 0.1) is 11.1 Å². The Labute approximate surface area is 151 Å². The van der Waals surface area contributed by atoms with E-state index in [0.29, 0.717) is 11.3 Å². The summed E-state index contributed by atoms with van der Waals surface area (Å²) in [6.45, 7) is 0.881. The van der Waals surface area contributed by atoms with E-state index in [1.807, 2.05) is 32.4 Å². The molecular formula is C20H20N2O4. The van der Waals surface area contributed by atoms with Crippen molar-refractivity contribution in [2.24, 2.45) is 0 Å². The Kier molecular flexibility index (Phi) is 5.04. The molecule has 0 saturated heterocycles. The zero-order chi connectivity index (χ0) is 18.7. The average Bonchev–Trinajstić information content (AvgIpc) is 3.04. The molecule has 6 heteroatoms. The van der Waals surface area contributed by atoms with Gasteiger partial charge < -0.3 is 19.7 Å². The average molecular weight is 352 g/mol. The molecule has 0 aliphatic carbocycles.